The molecule has 0 amide bonds. The molecule has 3 rings (SSSR count). The molecule has 1 atom stereocenters. The van der Waals surface area contributed by atoms with Crippen molar-refractivity contribution in [2.45, 2.75) is 12.5 Å². The van der Waals surface area contributed by atoms with Crippen LogP contribution >= 0.6 is 0 Å². The third-order valence-electron chi connectivity index (χ3n) is 3.56. The third kappa shape index (κ3) is 2.85. The predicted molar refractivity (Wildman–Crippen MR) is 83.2 cm³/mol. The minimum Gasteiger partial charge on any atom is -0.481 e. The Morgan fingerprint density at radius 3 is 2.71 bits per heavy atom. The zero-order chi connectivity index (χ0) is 14.7. The number of nitrogens with two attached hydrogens (primary N) is 1. The van der Waals surface area contributed by atoms with Crippen LogP contribution in [0.15, 0.2) is 55.0 Å². The number of aromatic nitrogens is 2. The Bertz CT molecular complexity index is 735. The minimum atomic E-state index is -0.112. The van der Waals surface area contributed by atoms with Gasteiger partial charge >= 0.3 is 0 Å². The number of rotatable bonds is 4. The summed E-state index contributed by atoms with van der Waals surface area (Å²) in [7, 11) is 1.61. The standard InChI is InChI=1S/C17H17N3O/c1-21-17-7-6-12(9-20-17)8-16(18)15-11-19-10-13-4-2-3-5-14(13)15/h2-7,9-11,16H,8,18H2,1H3. The number of pyridine rings is 2. The molecule has 0 saturated heterocycles. The highest BCUT2D eigenvalue weighted by atomic mass is 16.5. The van der Waals surface area contributed by atoms with E-state index in [-0.39, 0.29) is 6.04 Å². The average Bonchev–Trinajstić information content (AvgIpc) is 2.55. The van der Waals surface area contributed by atoms with E-state index < -0.39 is 0 Å². The van der Waals surface area contributed by atoms with Gasteiger partial charge < -0.3 is 10.5 Å². The van der Waals surface area contributed by atoms with Crippen molar-refractivity contribution in [2.24, 2.45) is 5.73 Å². The second kappa shape index (κ2) is 5.89. The van der Waals surface area contributed by atoms with Crippen LogP contribution in [0.1, 0.15) is 17.2 Å². The van der Waals surface area contributed by atoms with Crippen molar-refractivity contribution in [2.75, 3.05) is 7.11 Å². The van der Waals surface area contributed by atoms with Crippen LogP contribution in [0.25, 0.3) is 10.8 Å². The van der Waals surface area contributed by atoms with E-state index >= 15 is 0 Å². The predicted octanol–water partition coefficient (Wildman–Crippen LogP) is 2.88. The van der Waals surface area contributed by atoms with Gasteiger partial charge in [0.25, 0.3) is 0 Å². The highest BCUT2D eigenvalue weighted by molar-refractivity contribution is 5.85. The van der Waals surface area contributed by atoms with Crippen LogP contribution in [-0.2, 0) is 6.42 Å². The van der Waals surface area contributed by atoms with Crippen LogP contribution in [0.5, 0.6) is 5.88 Å². The SMILES string of the molecule is COc1ccc(CC(N)c2cncc3ccccc23)cn1. The summed E-state index contributed by atoms with van der Waals surface area (Å²) in [4.78, 5) is 8.50. The van der Waals surface area contributed by atoms with Gasteiger partial charge in [-0.3, -0.25) is 4.98 Å². The smallest absolute Gasteiger partial charge is 0.212 e. The molecule has 0 aliphatic heterocycles. The summed E-state index contributed by atoms with van der Waals surface area (Å²) in [6.07, 6.45) is 6.23. The minimum absolute atomic E-state index is 0.112. The van der Waals surface area contributed by atoms with Crippen LogP contribution < -0.4 is 10.5 Å². The number of fused-ring (bicyclic) bond motifs is 1. The van der Waals surface area contributed by atoms with Crippen molar-refractivity contribution in [1.29, 1.82) is 0 Å². The van der Waals surface area contributed by atoms with Gasteiger partial charge in [0.2, 0.25) is 5.88 Å². The van der Waals surface area contributed by atoms with E-state index in [1.54, 1.807) is 13.3 Å². The molecule has 0 fully saturated rings. The zero-order valence-electron chi connectivity index (χ0n) is 11.9. The van der Waals surface area contributed by atoms with Crippen molar-refractivity contribution in [3.63, 3.8) is 0 Å². The molecule has 0 spiro atoms. The maximum absolute atomic E-state index is 6.36. The molecule has 1 unspecified atom stereocenters. The summed E-state index contributed by atoms with van der Waals surface area (Å²) in [5.74, 6) is 0.610. The van der Waals surface area contributed by atoms with E-state index in [9.17, 15) is 0 Å². The van der Waals surface area contributed by atoms with E-state index in [0.717, 1.165) is 21.9 Å². The van der Waals surface area contributed by atoms with Crippen LogP contribution in [0.3, 0.4) is 0 Å². The summed E-state index contributed by atoms with van der Waals surface area (Å²) in [6.45, 7) is 0. The van der Waals surface area contributed by atoms with Crippen molar-refractivity contribution >= 4 is 10.8 Å². The summed E-state index contributed by atoms with van der Waals surface area (Å²) < 4.78 is 5.06. The number of methoxy groups -OCH3 is 1. The Kier molecular flexibility index (Phi) is 3.79. The molecule has 0 radical (unpaired) electrons. The third-order valence-corrected chi connectivity index (χ3v) is 3.56. The highest BCUT2D eigenvalue weighted by Crippen LogP contribution is 2.24. The fourth-order valence-corrected chi connectivity index (χ4v) is 2.45. The first-order valence-corrected chi connectivity index (χ1v) is 6.85. The lowest BCUT2D eigenvalue weighted by atomic mass is 9.97. The maximum Gasteiger partial charge on any atom is 0.212 e. The Hall–Kier alpha value is -2.46. The molecule has 0 aliphatic rings. The van der Waals surface area contributed by atoms with Gasteiger partial charge in [0, 0.05) is 36.1 Å². The first-order chi connectivity index (χ1) is 10.3. The van der Waals surface area contributed by atoms with Crippen LogP contribution in [0, 0.1) is 0 Å². The summed E-state index contributed by atoms with van der Waals surface area (Å²) in [5.41, 5.74) is 8.50. The highest BCUT2D eigenvalue weighted by Gasteiger charge is 2.11. The van der Waals surface area contributed by atoms with Gasteiger partial charge in [0.1, 0.15) is 0 Å². The Morgan fingerprint density at radius 1 is 1.10 bits per heavy atom. The van der Waals surface area contributed by atoms with Crippen LogP contribution in [0.4, 0.5) is 0 Å². The van der Waals surface area contributed by atoms with Gasteiger partial charge in [-0.2, -0.15) is 0 Å². The molecule has 4 nitrogen and oxygen atoms in total. The first kappa shape index (κ1) is 13.5. The number of benzene rings is 1. The van der Waals surface area contributed by atoms with Gasteiger partial charge in [-0.25, -0.2) is 4.98 Å². The number of hydrogen-bond acceptors (Lipinski definition) is 4. The molecular formula is C17H17N3O. The largest absolute Gasteiger partial charge is 0.481 e. The molecule has 2 N–H and O–H groups in total. The molecule has 2 aromatic heterocycles. The molecule has 0 aliphatic carbocycles. The maximum atomic E-state index is 6.36. The fraction of sp³-hybridized carbons (Fsp3) is 0.176. The average molecular weight is 279 g/mol. The number of nitrogens with zero attached hydrogens (tertiary/aromatic N) is 2. The van der Waals surface area contributed by atoms with E-state index in [0.29, 0.717) is 12.3 Å². The number of hydrogen-bond donors (Lipinski definition) is 1. The van der Waals surface area contributed by atoms with Crippen molar-refractivity contribution in [3.8, 4) is 5.88 Å². The Labute approximate surface area is 123 Å². The van der Waals surface area contributed by atoms with Crippen molar-refractivity contribution < 1.29 is 4.74 Å². The van der Waals surface area contributed by atoms with Gasteiger partial charge in [-0.1, -0.05) is 30.3 Å². The Balaban J connectivity index is 1.88. The summed E-state index contributed by atoms with van der Waals surface area (Å²) >= 11 is 0. The molecule has 3 aromatic rings. The molecule has 106 valence electrons. The van der Waals surface area contributed by atoms with Crippen molar-refractivity contribution in [3.05, 3.63) is 66.1 Å². The zero-order valence-corrected chi connectivity index (χ0v) is 11.9. The first-order valence-electron chi connectivity index (χ1n) is 6.85. The molecule has 21 heavy (non-hydrogen) atoms. The number of ether oxygens (including phenoxy) is 1. The molecule has 1 aromatic carbocycles. The summed E-state index contributed by atoms with van der Waals surface area (Å²) in [5, 5.41) is 2.26. The molecule has 4 heteroatoms. The second-order valence-corrected chi connectivity index (χ2v) is 4.97. The topological polar surface area (TPSA) is 61.0 Å². The van der Waals surface area contributed by atoms with E-state index in [1.165, 1.54) is 0 Å². The lowest BCUT2D eigenvalue weighted by Gasteiger charge is -2.14. The lowest BCUT2D eigenvalue weighted by molar-refractivity contribution is 0.397. The van der Waals surface area contributed by atoms with Gasteiger partial charge in [-0.05, 0) is 22.9 Å². The molecular weight excluding hydrogens is 262 g/mol. The van der Waals surface area contributed by atoms with Crippen molar-refractivity contribution in [1.82, 2.24) is 9.97 Å². The normalized spacial score (nSPS) is 12.3. The summed E-state index contributed by atoms with van der Waals surface area (Å²) in [6, 6.07) is 11.9. The van der Waals surface area contributed by atoms with E-state index in [4.69, 9.17) is 10.5 Å². The Morgan fingerprint density at radius 2 is 1.95 bits per heavy atom. The quantitative estimate of drug-likeness (QED) is 0.797. The van der Waals surface area contributed by atoms with Gasteiger partial charge in [0.15, 0.2) is 0 Å². The van der Waals surface area contributed by atoms with E-state index in [1.807, 2.05) is 42.7 Å². The van der Waals surface area contributed by atoms with Crippen LogP contribution in [0.2, 0.25) is 0 Å². The van der Waals surface area contributed by atoms with Crippen LogP contribution in [-0.4, -0.2) is 17.1 Å². The lowest BCUT2D eigenvalue weighted by Crippen LogP contribution is -2.14. The molecule has 2 heterocycles. The monoisotopic (exact) mass is 279 g/mol. The second-order valence-electron chi connectivity index (χ2n) is 4.97. The molecule has 0 bridgehead atoms. The molecule has 0 saturated carbocycles. The van der Waals surface area contributed by atoms with Gasteiger partial charge in [0.05, 0.1) is 7.11 Å². The fourth-order valence-electron chi connectivity index (χ4n) is 2.45. The van der Waals surface area contributed by atoms with E-state index in [2.05, 4.69) is 16.0 Å². The van der Waals surface area contributed by atoms with Gasteiger partial charge in [-0.15, -0.1) is 0 Å².